The van der Waals surface area contributed by atoms with E-state index < -0.39 is 0 Å². The number of hydrogen-bond donors (Lipinski definition) is 1. The van der Waals surface area contributed by atoms with Crippen LogP contribution < -0.4 is 5.32 Å². The van der Waals surface area contributed by atoms with Crippen LogP contribution in [0, 0.1) is 11.7 Å². The van der Waals surface area contributed by atoms with E-state index in [1.807, 2.05) is 0 Å². The van der Waals surface area contributed by atoms with E-state index in [-0.39, 0.29) is 5.82 Å². The van der Waals surface area contributed by atoms with Gasteiger partial charge in [0, 0.05) is 6.54 Å². The fraction of sp³-hybridized carbons (Fsp3) is 0.538. The van der Waals surface area contributed by atoms with Crippen LogP contribution in [0.1, 0.15) is 18.9 Å². The lowest BCUT2D eigenvalue weighted by atomic mass is 9.98. The molecule has 0 radical (unpaired) electrons. The molecule has 0 aliphatic carbocycles. The number of rotatable bonds is 3. The molecule has 1 saturated heterocycles. The van der Waals surface area contributed by atoms with Gasteiger partial charge in [-0.1, -0.05) is 19.1 Å². The molecule has 1 N–H and O–H groups in total. The number of halogens is 1. The van der Waals surface area contributed by atoms with Crippen LogP contribution >= 0.6 is 0 Å². The Balaban J connectivity index is 1.84. The predicted octanol–water partition coefficient (Wildman–Crippen LogP) is 2.34. The first-order valence-corrected chi connectivity index (χ1v) is 5.82. The first-order valence-electron chi connectivity index (χ1n) is 5.82. The van der Waals surface area contributed by atoms with E-state index in [0.29, 0.717) is 18.6 Å². The Hall–Kier alpha value is -0.930. The van der Waals surface area contributed by atoms with Crippen molar-refractivity contribution >= 4 is 0 Å². The summed E-state index contributed by atoms with van der Waals surface area (Å²) in [4.78, 5) is 0. The van der Waals surface area contributed by atoms with Gasteiger partial charge in [-0.15, -0.1) is 0 Å². The topological polar surface area (TPSA) is 21.3 Å². The molecule has 0 amide bonds. The average molecular weight is 223 g/mol. The molecule has 0 saturated carbocycles. The maximum Gasteiger partial charge on any atom is 0.123 e. The van der Waals surface area contributed by atoms with Gasteiger partial charge in [0.1, 0.15) is 5.82 Å². The van der Waals surface area contributed by atoms with Crippen molar-refractivity contribution in [2.24, 2.45) is 5.92 Å². The second-order valence-electron chi connectivity index (χ2n) is 4.45. The summed E-state index contributed by atoms with van der Waals surface area (Å²) in [6.45, 7) is 4.82. The number of hydrogen-bond acceptors (Lipinski definition) is 2. The van der Waals surface area contributed by atoms with Crippen molar-refractivity contribution < 1.29 is 9.13 Å². The molecule has 0 spiro atoms. The zero-order valence-corrected chi connectivity index (χ0v) is 9.58. The molecule has 0 bridgehead atoms. The normalized spacial score (nSPS) is 25.6. The van der Waals surface area contributed by atoms with E-state index in [1.165, 1.54) is 12.1 Å². The summed E-state index contributed by atoms with van der Waals surface area (Å²) in [5, 5.41) is 3.34. The maximum atomic E-state index is 12.7. The van der Waals surface area contributed by atoms with Crippen LogP contribution in [0.4, 0.5) is 4.39 Å². The number of nitrogens with one attached hydrogen (secondary N) is 1. The van der Waals surface area contributed by atoms with Crippen molar-refractivity contribution in [2.45, 2.75) is 26.1 Å². The Kier molecular flexibility index (Phi) is 3.91. The standard InChI is InChI=1S/C13H18FNO/c1-10-8-15-7-6-13(10)16-9-11-2-4-12(14)5-3-11/h2-5,10,13,15H,6-9H2,1H3/t10-,13+/m1/s1. The molecule has 2 nitrogen and oxygen atoms in total. The molecule has 1 aromatic rings. The molecule has 88 valence electrons. The largest absolute Gasteiger partial charge is 0.373 e. The minimum Gasteiger partial charge on any atom is -0.373 e. The molecule has 1 aromatic carbocycles. The van der Waals surface area contributed by atoms with Crippen molar-refractivity contribution in [1.29, 1.82) is 0 Å². The quantitative estimate of drug-likeness (QED) is 0.849. The Morgan fingerprint density at radius 1 is 1.38 bits per heavy atom. The van der Waals surface area contributed by atoms with E-state index in [1.54, 1.807) is 12.1 Å². The summed E-state index contributed by atoms with van der Waals surface area (Å²) in [6.07, 6.45) is 1.38. The van der Waals surface area contributed by atoms with Crippen LogP contribution in [-0.2, 0) is 11.3 Å². The monoisotopic (exact) mass is 223 g/mol. The summed E-state index contributed by atoms with van der Waals surface area (Å²) >= 11 is 0. The van der Waals surface area contributed by atoms with E-state index >= 15 is 0 Å². The second-order valence-corrected chi connectivity index (χ2v) is 4.45. The first-order chi connectivity index (χ1) is 7.75. The highest BCUT2D eigenvalue weighted by Crippen LogP contribution is 2.16. The zero-order valence-electron chi connectivity index (χ0n) is 9.58. The van der Waals surface area contributed by atoms with E-state index in [2.05, 4.69) is 12.2 Å². The van der Waals surface area contributed by atoms with Crippen LogP contribution in [0.5, 0.6) is 0 Å². The molecule has 1 aliphatic heterocycles. The lowest BCUT2D eigenvalue weighted by Crippen LogP contribution is -2.39. The van der Waals surface area contributed by atoms with Gasteiger partial charge in [-0.05, 0) is 36.6 Å². The highest BCUT2D eigenvalue weighted by molar-refractivity contribution is 5.15. The van der Waals surface area contributed by atoms with Crippen molar-refractivity contribution in [2.75, 3.05) is 13.1 Å². The lowest BCUT2D eigenvalue weighted by Gasteiger charge is -2.29. The molecule has 2 atom stereocenters. The zero-order chi connectivity index (χ0) is 11.4. The fourth-order valence-electron chi connectivity index (χ4n) is 2.02. The van der Waals surface area contributed by atoms with Crippen LogP contribution in [0.15, 0.2) is 24.3 Å². The highest BCUT2D eigenvalue weighted by atomic mass is 19.1. The number of piperidine rings is 1. The summed E-state index contributed by atoms with van der Waals surface area (Å²) in [7, 11) is 0. The third-order valence-electron chi connectivity index (χ3n) is 3.08. The average Bonchev–Trinajstić information content (AvgIpc) is 2.30. The Morgan fingerprint density at radius 2 is 2.12 bits per heavy atom. The smallest absolute Gasteiger partial charge is 0.123 e. The molecule has 1 aliphatic rings. The minimum atomic E-state index is -0.195. The highest BCUT2D eigenvalue weighted by Gasteiger charge is 2.21. The molecule has 16 heavy (non-hydrogen) atoms. The summed E-state index contributed by atoms with van der Waals surface area (Å²) in [5.74, 6) is 0.355. The number of benzene rings is 1. The van der Waals surface area contributed by atoms with Crippen LogP contribution in [-0.4, -0.2) is 19.2 Å². The molecule has 3 heteroatoms. The van der Waals surface area contributed by atoms with Crippen molar-refractivity contribution in [3.05, 3.63) is 35.6 Å². The SMILES string of the molecule is C[C@@H]1CNCC[C@@H]1OCc1ccc(F)cc1. The summed E-state index contributed by atoms with van der Waals surface area (Å²) in [6, 6.07) is 6.51. The van der Waals surface area contributed by atoms with Gasteiger partial charge in [0.05, 0.1) is 12.7 Å². The van der Waals surface area contributed by atoms with Crippen LogP contribution in [0.25, 0.3) is 0 Å². The Labute approximate surface area is 95.8 Å². The Morgan fingerprint density at radius 3 is 2.81 bits per heavy atom. The molecular weight excluding hydrogens is 205 g/mol. The molecule has 2 rings (SSSR count). The van der Waals surface area contributed by atoms with Gasteiger partial charge < -0.3 is 10.1 Å². The van der Waals surface area contributed by atoms with Gasteiger partial charge in [-0.2, -0.15) is 0 Å². The molecule has 0 aromatic heterocycles. The third-order valence-corrected chi connectivity index (χ3v) is 3.08. The Bertz CT molecular complexity index is 325. The lowest BCUT2D eigenvalue weighted by molar-refractivity contribution is -0.00978. The van der Waals surface area contributed by atoms with E-state index in [0.717, 1.165) is 25.1 Å². The van der Waals surface area contributed by atoms with Crippen molar-refractivity contribution in [3.63, 3.8) is 0 Å². The van der Waals surface area contributed by atoms with Gasteiger partial charge in [-0.3, -0.25) is 0 Å². The molecular formula is C13H18FNO. The van der Waals surface area contributed by atoms with Crippen molar-refractivity contribution in [3.8, 4) is 0 Å². The second kappa shape index (κ2) is 5.41. The first kappa shape index (κ1) is 11.6. The predicted molar refractivity (Wildman–Crippen MR) is 61.6 cm³/mol. The van der Waals surface area contributed by atoms with Gasteiger partial charge in [0.2, 0.25) is 0 Å². The maximum absolute atomic E-state index is 12.7. The fourth-order valence-corrected chi connectivity index (χ4v) is 2.02. The number of ether oxygens (including phenoxy) is 1. The summed E-state index contributed by atoms with van der Waals surface area (Å²) in [5.41, 5.74) is 1.03. The molecule has 0 unspecified atom stereocenters. The van der Waals surface area contributed by atoms with Gasteiger partial charge in [-0.25, -0.2) is 4.39 Å². The summed E-state index contributed by atoms with van der Waals surface area (Å²) < 4.78 is 18.6. The minimum absolute atomic E-state index is 0.195. The van der Waals surface area contributed by atoms with E-state index in [9.17, 15) is 4.39 Å². The van der Waals surface area contributed by atoms with E-state index in [4.69, 9.17) is 4.74 Å². The van der Waals surface area contributed by atoms with Gasteiger partial charge >= 0.3 is 0 Å². The van der Waals surface area contributed by atoms with Crippen LogP contribution in [0.2, 0.25) is 0 Å². The third kappa shape index (κ3) is 3.03. The van der Waals surface area contributed by atoms with Gasteiger partial charge in [0.15, 0.2) is 0 Å². The van der Waals surface area contributed by atoms with Gasteiger partial charge in [0.25, 0.3) is 0 Å². The molecule has 1 fully saturated rings. The van der Waals surface area contributed by atoms with Crippen molar-refractivity contribution in [1.82, 2.24) is 5.32 Å². The molecule has 1 heterocycles. The van der Waals surface area contributed by atoms with Crippen LogP contribution in [0.3, 0.4) is 0 Å².